The van der Waals surface area contributed by atoms with Crippen LogP contribution in [0.15, 0.2) is 54.6 Å². The number of piperidine rings is 1. The van der Waals surface area contributed by atoms with Gasteiger partial charge < -0.3 is 9.64 Å². The number of likely N-dealkylation sites (tertiary alicyclic amines) is 1. The molecule has 1 fully saturated rings. The molecule has 0 saturated carbocycles. The molecule has 0 bridgehead atoms. The number of fused-ring (bicyclic) bond motifs is 1. The molecule has 0 unspecified atom stereocenters. The zero-order valence-corrected chi connectivity index (χ0v) is 17.5. The normalized spacial score (nSPS) is 14.9. The molecule has 3 heterocycles. The summed E-state index contributed by atoms with van der Waals surface area (Å²) in [5.41, 5.74) is 4.47. The van der Waals surface area contributed by atoms with Gasteiger partial charge >= 0.3 is 0 Å². The van der Waals surface area contributed by atoms with Crippen molar-refractivity contribution in [2.24, 2.45) is 0 Å². The van der Waals surface area contributed by atoms with Gasteiger partial charge in [0, 0.05) is 31.5 Å². The maximum Gasteiger partial charge on any atom is 0.274 e. The van der Waals surface area contributed by atoms with E-state index in [2.05, 4.69) is 34.2 Å². The first kappa shape index (κ1) is 18.8. The van der Waals surface area contributed by atoms with Gasteiger partial charge in [-0.3, -0.25) is 9.89 Å². The van der Waals surface area contributed by atoms with E-state index >= 15 is 0 Å². The number of H-pyrrole nitrogens is 1. The second-order valence-corrected chi connectivity index (χ2v) is 8.54. The van der Waals surface area contributed by atoms with Gasteiger partial charge in [0.1, 0.15) is 11.8 Å². The number of carbonyl (C=O) groups is 1. The lowest BCUT2D eigenvalue weighted by Crippen LogP contribution is -2.41. The highest BCUT2D eigenvalue weighted by Crippen LogP contribution is 2.31. The summed E-state index contributed by atoms with van der Waals surface area (Å²) in [6.07, 6.45) is 1.66. The molecule has 0 radical (unpaired) electrons. The fraction of sp³-hybridized carbons (Fsp3) is 0.261. The SMILES string of the molecule is Cc1cccc2sc(OC3CCN(C(=O)c4cc(-c5ccccc5)n[nH]4)CC3)nc12. The van der Waals surface area contributed by atoms with Crippen LogP contribution in [-0.4, -0.2) is 45.2 Å². The van der Waals surface area contributed by atoms with Crippen LogP contribution in [0.3, 0.4) is 0 Å². The average molecular weight is 419 g/mol. The first-order valence-corrected chi connectivity index (χ1v) is 10.9. The van der Waals surface area contributed by atoms with Gasteiger partial charge in [-0.05, 0) is 24.6 Å². The van der Waals surface area contributed by atoms with Gasteiger partial charge in [-0.2, -0.15) is 5.10 Å². The number of nitrogens with one attached hydrogen (secondary N) is 1. The summed E-state index contributed by atoms with van der Waals surface area (Å²) in [7, 11) is 0. The van der Waals surface area contributed by atoms with Gasteiger partial charge in [-0.1, -0.05) is 53.8 Å². The van der Waals surface area contributed by atoms with Crippen molar-refractivity contribution >= 4 is 27.5 Å². The summed E-state index contributed by atoms with van der Waals surface area (Å²) in [5, 5.41) is 7.90. The smallest absolute Gasteiger partial charge is 0.274 e. The Hall–Kier alpha value is -3.19. The second kappa shape index (κ2) is 7.91. The number of aromatic amines is 1. The molecule has 0 aliphatic carbocycles. The van der Waals surface area contributed by atoms with Crippen LogP contribution >= 0.6 is 11.3 Å². The molecule has 2 aromatic carbocycles. The van der Waals surface area contributed by atoms with Gasteiger partial charge in [0.25, 0.3) is 11.1 Å². The summed E-state index contributed by atoms with van der Waals surface area (Å²) in [6, 6.07) is 17.9. The molecule has 1 amide bonds. The van der Waals surface area contributed by atoms with E-state index in [1.807, 2.05) is 47.4 Å². The van der Waals surface area contributed by atoms with Crippen LogP contribution in [0.1, 0.15) is 28.9 Å². The number of carbonyl (C=O) groups excluding carboxylic acids is 1. The number of ether oxygens (including phenoxy) is 1. The van der Waals surface area contributed by atoms with E-state index in [4.69, 9.17) is 4.74 Å². The maximum atomic E-state index is 12.9. The molecule has 1 aliphatic rings. The Balaban J connectivity index is 1.21. The fourth-order valence-electron chi connectivity index (χ4n) is 3.79. The topological polar surface area (TPSA) is 71.1 Å². The van der Waals surface area contributed by atoms with Crippen LogP contribution in [0, 0.1) is 6.92 Å². The Morgan fingerprint density at radius 2 is 1.93 bits per heavy atom. The maximum absolute atomic E-state index is 12.9. The van der Waals surface area contributed by atoms with Crippen molar-refractivity contribution in [1.82, 2.24) is 20.1 Å². The standard InChI is InChI=1S/C23H22N4O2S/c1-15-6-5-9-20-21(15)24-23(30-20)29-17-10-12-27(13-11-17)22(28)19-14-18(25-26-19)16-7-3-2-4-8-16/h2-9,14,17H,10-13H2,1H3,(H,25,26). The number of nitrogens with zero attached hydrogens (tertiary/aromatic N) is 3. The Labute approximate surface area is 178 Å². The minimum Gasteiger partial charge on any atom is -0.467 e. The fourth-order valence-corrected chi connectivity index (χ4v) is 4.75. The summed E-state index contributed by atoms with van der Waals surface area (Å²) in [6.45, 7) is 3.38. The van der Waals surface area contributed by atoms with Gasteiger partial charge in [-0.25, -0.2) is 4.98 Å². The number of benzene rings is 2. The van der Waals surface area contributed by atoms with E-state index in [1.54, 1.807) is 11.3 Å². The molecule has 1 saturated heterocycles. The molecule has 2 aromatic heterocycles. The third-order valence-electron chi connectivity index (χ3n) is 5.48. The second-order valence-electron chi connectivity index (χ2n) is 7.54. The Kier molecular flexibility index (Phi) is 4.96. The summed E-state index contributed by atoms with van der Waals surface area (Å²) >= 11 is 1.58. The number of hydrogen-bond donors (Lipinski definition) is 1. The molecular formula is C23H22N4O2S. The molecule has 1 aliphatic heterocycles. The molecule has 6 nitrogen and oxygen atoms in total. The van der Waals surface area contributed by atoms with Crippen LogP contribution in [0.2, 0.25) is 0 Å². The van der Waals surface area contributed by atoms with E-state index in [0.717, 1.165) is 39.9 Å². The quantitative estimate of drug-likeness (QED) is 0.522. The van der Waals surface area contributed by atoms with Crippen molar-refractivity contribution in [3.05, 3.63) is 65.9 Å². The van der Waals surface area contributed by atoms with Gasteiger partial charge in [0.2, 0.25) is 0 Å². The lowest BCUT2D eigenvalue weighted by molar-refractivity contribution is 0.0590. The van der Waals surface area contributed by atoms with E-state index < -0.39 is 0 Å². The largest absolute Gasteiger partial charge is 0.467 e. The average Bonchev–Trinajstić information content (AvgIpc) is 3.42. The number of rotatable bonds is 4. The van der Waals surface area contributed by atoms with Crippen LogP contribution in [0.5, 0.6) is 5.19 Å². The number of para-hydroxylation sites is 1. The molecule has 152 valence electrons. The van der Waals surface area contributed by atoms with Crippen molar-refractivity contribution in [2.75, 3.05) is 13.1 Å². The lowest BCUT2D eigenvalue weighted by Gasteiger charge is -2.31. The molecule has 30 heavy (non-hydrogen) atoms. The highest BCUT2D eigenvalue weighted by Gasteiger charge is 2.26. The molecule has 7 heteroatoms. The molecular weight excluding hydrogens is 396 g/mol. The Morgan fingerprint density at radius 1 is 1.13 bits per heavy atom. The first-order valence-electron chi connectivity index (χ1n) is 10.1. The molecule has 1 N–H and O–H groups in total. The van der Waals surface area contributed by atoms with Crippen molar-refractivity contribution in [3.8, 4) is 16.5 Å². The number of aromatic nitrogens is 3. The molecule has 0 atom stereocenters. The zero-order valence-electron chi connectivity index (χ0n) is 16.7. The summed E-state index contributed by atoms with van der Waals surface area (Å²) in [5.74, 6) is -0.0151. The van der Waals surface area contributed by atoms with Gasteiger partial charge in [0.15, 0.2) is 0 Å². The summed E-state index contributed by atoms with van der Waals surface area (Å²) < 4.78 is 7.28. The number of amides is 1. The minimum atomic E-state index is -0.0151. The monoisotopic (exact) mass is 418 g/mol. The Morgan fingerprint density at radius 3 is 2.70 bits per heavy atom. The first-order chi connectivity index (χ1) is 14.7. The third-order valence-corrected chi connectivity index (χ3v) is 6.39. The van der Waals surface area contributed by atoms with Crippen molar-refractivity contribution < 1.29 is 9.53 Å². The van der Waals surface area contributed by atoms with Crippen molar-refractivity contribution in [3.63, 3.8) is 0 Å². The Bertz CT molecular complexity index is 1180. The molecule has 5 rings (SSSR count). The number of aryl methyl sites for hydroxylation is 1. The van der Waals surface area contributed by atoms with E-state index in [1.165, 1.54) is 0 Å². The van der Waals surface area contributed by atoms with Crippen LogP contribution in [0.25, 0.3) is 21.5 Å². The van der Waals surface area contributed by atoms with Gasteiger partial charge in [0.05, 0.1) is 15.9 Å². The van der Waals surface area contributed by atoms with Crippen LogP contribution < -0.4 is 4.74 Å². The predicted octanol–water partition coefficient (Wildman–Crippen LogP) is 4.68. The predicted molar refractivity (Wildman–Crippen MR) is 118 cm³/mol. The highest BCUT2D eigenvalue weighted by molar-refractivity contribution is 7.20. The minimum absolute atomic E-state index is 0.0151. The third kappa shape index (κ3) is 3.68. The van der Waals surface area contributed by atoms with E-state index in [-0.39, 0.29) is 12.0 Å². The molecule has 4 aromatic rings. The van der Waals surface area contributed by atoms with Crippen LogP contribution in [0.4, 0.5) is 0 Å². The lowest BCUT2D eigenvalue weighted by atomic mass is 10.1. The van der Waals surface area contributed by atoms with E-state index in [0.29, 0.717) is 24.0 Å². The highest BCUT2D eigenvalue weighted by atomic mass is 32.1. The number of thiazole rings is 1. The van der Waals surface area contributed by atoms with Gasteiger partial charge in [-0.15, -0.1) is 0 Å². The summed E-state index contributed by atoms with van der Waals surface area (Å²) in [4.78, 5) is 19.4. The zero-order chi connectivity index (χ0) is 20.5. The van der Waals surface area contributed by atoms with E-state index in [9.17, 15) is 4.79 Å². The molecule has 0 spiro atoms. The van der Waals surface area contributed by atoms with Crippen LogP contribution in [-0.2, 0) is 0 Å². The van der Waals surface area contributed by atoms with Crippen molar-refractivity contribution in [2.45, 2.75) is 25.9 Å². The number of hydrogen-bond acceptors (Lipinski definition) is 5. The van der Waals surface area contributed by atoms with Crippen molar-refractivity contribution in [1.29, 1.82) is 0 Å².